The summed E-state index contributed by atoms with van der Waals surface area (Å²) in [6.07, 6.45) is 0. The summed E-state index contributed by atoms with van der Waals surface area (Å²) in [6.45, 7) is 2.34. The SMILES string of the molecule is Cc1nc(C(=O)N(C)Cc2ccccc2)cc(N(C)c2ccccc2)n1. The molecule has 0 unspecified atom stereocenters. The Hall–Kier alpha value is -3.21. The molecule has 0 aliphatic rings. The second-order valence-electron chi connectivity index (χ2n) is 6.20. The zero-order valence-corrected chi connectivity index (χ0v) is 15.3. The fourth-order valence-corrected chi connectivity index (χ4v) is 2.74. The molecule has 26 heavy (non-hydrogen) atoms. The fraction of sp³-hybridized carbons (Fsp3) is 0.190. The molecule has 0 radical (unpaired) electrons. The van der Waals surface area contributed by atoms with Crippen LogP contribution >= 0.6 is 0 Å². The van der Waals surface area contributed by atoms with Crippen LogP contribution in [0.5, 0.6) is 0 Å². The van der Waals surface area contributed by atoms with E-state index in [-0.39, 0.29) is 5.91 Å². The van der Waals surface area contributed by atoms with E-state index in [2.05, 4.69) is 9.97 Å². The number of rotatable bonds is 5. The Morgan fingerprint density at radius 1 is 0.923 bits per heavy atom. The first-order valence-electron chi connectivity index (χ1n) is 8.48. The van der Waals surface area contributed by atoms with Crippen LogP contribution in [0.3, 0.4) is 0 Å². The molecule has 1 amide bonds. The van der Waals surface area contributed by atoms with Crippen LogP contribution in [0.1, 0.15) is 21.9 Å². The number of hydrogen-bond acceptors (Lipinski definition) is 4. The number of para-hydroxylation sites is 1. The zero-order chi connectivity index (χ0) is 18.5. The highest BCUT2D eigenvalue weighted by atomic mass is 16.2. The molecule has 3 aromatic rings. The van der Waals surface area contributed by atoms with Gasteiger partial charge in [0.15, 0.2) is 0 Å². The quantitative estimate of drug-likeness (QED) is 0.704. The van der Waals surface area contributed by atoms with E-state index >= 15 is 0 Å². The van der Waals surface area contributed by atoms with Gasteiger partial charge >= 0.3 is 0 Å². The lowest BCUT2D eigenvalue weighted by molar-refractivity contribution is 0.0779. The van der Waals surface area contributed by atoms with E-state index in [4.69, 9.17) is 0 Å². The van der Waals surface area contributed by atoms with Gasteiger partial charge in [0.05, 0.1) is 0 Å². The van der Waals surface area contributed by atoms with Crippen LogP contribution in [0.4, 0.5) is 11.5 Å². The molecular weight excluding hydrogens is 324 g/mol. The first-order valence-corrected chi connectivity index (χ1v) is 8.48. The molecule has 2 aromatic carbocycles. The topological polar surface area (TPSA) is 49.3 Å². The highest BCUT2D eigenvalue weighted by molar-refractivity contribution is 5.93. The number of carbonyl (C=O) groups is 1. The predicted octanol–water partition coefficient (Wildman–Crippen LogP) is 3.83. The van der Waals surface area contributed by atoms with Crippen molar-refractivity contribution in [1.29, 1.82) is 0 Å². The number of hydrogen-bond donors (Lipinski definition) is 0. The van der Waals surface area contributed by atoms with Gasteiger partial charge in [0.2, 0.25) is 0 Å². The van der Waals surface area contributed by atoms with Crippen molar-refractivity contribution < 1.29 is 4.79 Å². The minimum absolute atomic E-state index is 0.123. The van der Waals surface area contributed by atoms with Gasteiger partial charge in [-0.3, -0.25) is 4.79 Å². The van der Waals surface area contributed by atoms with Gasteiger partial charge in [0.1, 0.15) is 17.3 Å². The van der Waals surface area contributed by atoms with Crippen LogP contribution in [0, 0.1) is 6.92 Å². The lowest BCUT2D eigenvalue weighted by Crippen LogP contribution is -2.27. The number of amides is 1. The molecule has 132 valence electrons. The molecule has 0 saturated carbocycles. The first-order chi connectivity index (χ1) is 12.5. The van der Waals surface area contributed by atoms with E-state index in [9.17, 15) is 4.79 Å². The largest absolute Gasteiger partial charge is 0.336 e. The number of aromatic nitrogens is 2. The Kier molecular flexibility index (Phi) is 5.27. The summed E-state index contributed by atoms with van der Waals surface area (Å²) in [4.78, 5) is 25.3. The molecule has 0 saturated heterocycles. The third kappa shape index (κ3) is 4.06. The summed E-state index contributed by atoms with van der Waals surface area (Å²) >= 11 is 0. The average molecular weight is 346 g/mol. The zero-order valence-electron chi connectivity index (χ0n) is 15.3. The third-order valence-electron chi connectivity index (χ3n) is 4.14. The molecule has 5 heteroatoms. The highest BCUT2D eigenvalue weighted by Gasteiger charge is 2.17. The van der Waals surface area contributed by atoms with E-state index in [1.807, 2.05) is 72.6 Å². The monoisotopic (exact) mass is 346 g/mol. The number of anilines is 2. The highest BCUT2D eigenvalue weighted by Crippen LogP contribution is 2.22. The average Bonchev–Trinajstić information content (AvgIpc) is 2.67. The Morgan fingerprint density at radius 3 is 2.19 bits per heavy atom. The Balaban J connectivity index is 1.83. The lowest BCUT2D eigenvalue weighted by atomic mass is 10.2. The summed E-state index contributed by atoms with van der Waals surface area (Å²) in [5.41, 5.74) is 2.48. The predicted molar refractivity (Wildman–Crippen MR) is 104 cm³/mol. The number of nitrogens with zero attached hydrogens (tertiary/aromatic N) is 4. The van der Waals surface area contributed by atoms with E-state index < -0.39 is 0 Å². The normalized spacial score (nSPS) is 10.4. The van der Waals surface area contributed by atoms with Crippen molar-refractivity contribution in [2.75, 3.05) is 19.0 Å². The molecule has 0 fully saturated rings. The smallest absolute Gasteiger partial charge is 0.272 e. The molecular formula is C21H22N4O. The Labute approximate surface area is 153 Å². The van der Waals surface area contributed by atoms with Gasteiger partial charge in [-0.2, -0.15) is 0 Å². The minimum atomic E-state index is -0.123. The maximum atomic E-state index is 12.8. The van der Waals surface area contributed by atoms with Crippen molar-refractivity contribution in [2.45, 2.75) is 13.5 Å². The van der Waals surface area contributed by atoms with Gasteiger partial charge in [0.25, 0.3) is 5.91 Å². The minimum Gasteiger partial charge on any atom is -0.336 e. The molecule has 0 aliphatic heterocycles. The maximum Gasteiger partial charge on any atom is 0.272 e. The van der Waals surface area contributed by atoms with Crippen LogP contribution in [0.15, 0.2) is 66.7 Å². The number of benzene rings is 2. The van der Waals surface area contributed by atoms with Crippen LogP contribution in [-0.4, -0.2) is 34.9 Å². The third-order valence-corrected chi connectivity index (χ3v) is 4.14. The Bertz CT molecular complexity index is 881. The van der Waals surface area contributed by atoms with E-state index in [0.29, 0.717) is 23.9 Å². The van der Waals surface area contributed by atoms with Crippen molar-refractivity contribution in [2.24, 2.45) is 0 Å². The summed E-state index contributed by atoms with van der Waals surface area (Å²) < 4.78 is 0. The molecule has 0 bridgehead atoms. The van der Waals surface area contributed by atoms with Crippen LogP contribution in [0.25, 0.3) is 0 Å². The summed E-state index contributed by atoms with van der Waals surface area (Å²) in [6, 6.07) is 21.6. The number of carbonyl (C=O) groups excluding carboxylic acids is 1. The molecule has 0 aliphatic carbocycles. The molecule has 0 spiro atoms. The second-order valence-corrected chi connectivity index (χ2v) is 6.20. The summed E-state index contributed by atoms with van der Waals surface area (Å²) in [5, 5.41) is 0. The summed E-state index contributed by atoms with van der Waals surface area (Å²) in [7, 11) is 3.71. The van der Waals surface area contributed by atoms with Crippen LogP contribution in [-0.2, 0) is 6.54 Å². The standard InChI is InChI=1S/C21H22N4O/c1-16-22-19(21(26)24(2)15-17-10-6-4-7-11-17)14-20(23-16)25(3)18-12-8-5-9-13-18/h4-14H,15H2,1-3H3. The second kappa shape index (κ2) is 7.78. The van der Waals surface area contributed by atoms with Crippen molar-refractivity contribution in [1.82, 2.24) is 14.9 Å². The molecule has 3 rings (SSSR count). The van der Waals surface area contributed by atoms with Crippen molar-refractivity contribution >= 4 is 17.4 Å². The van der Waals surface area contributed by atoms with Crippen molar-refractivity contribution in [3.8, 4) is 0 Å². The van der Waals surface area contributed by atoms with E-state index in [0.717, 1.165) is 11.3 Å². The van der Waals surface area contributed by atoms with Crippen molar-refractivity contribution in [3.05, 3.63) is 83.8 Å². The van der Waals surface area contributed by atoms with Gasteiger partial charge in [-0.15, -0.1) is 0 Å². The van der Waals surface area contributed by atoms with Crippen LogP contribution < -0.4 is 4.90 Å². The van der Waals surface area contributed by atoms with Gasteiger partial charge < -0.3 is 9.80 Å². The summed E-state index contributed by atoms with van der Waals surface area (Å²) in [5.74, 6) is 1.14. The van der Waals surface area contributed by atoms with Gasteiger partial charge in [0, 0.05) is 32.4 Å². The van der Waals surface area contributed by atoms with Crippen molar-refractivity contribution in [3.63, 3.8) is 0 Å². The van der Waals surface area contributed by atoms with Gasteiger partial charge in [-0.25, -0.2) is 9.97 Å². The first kappa shape index (κ1) is 17.6. The molecule has 1 aromatic heterocycles. The molecule has 0 N–H and O–H groups in total. The number of aryl methyl sites for hydroxylation is 1. The Morgan fingerprint density at radius 2 is 1.54 bits per heavy atom. The molecule has 0 atom stereocenters. The maximum absolute atomic E-state index is 12.8. The lowest BCUT2D eigenvalue weighted by Gasteiger charge is -2.21. The fourth-order valence-electron chi connectivity index (χ4n) is 2.74. The molecule has 5 nitrogen and oxygen atoms in total. The van der Waals surface area contributed by atoms with E-state index in [1.165, 1.54) is 0 Å². The van der Waals surface area contributed by atoms with Gasteiger partial charge in [-0.1, -0.05) is 48.5 Å². The van der Waals surface area contributed by atoms with Gasteiger partial charge in [-0.05, 0) is 24.6 Å². The molecule has 1 heterocycles. The van der Waals surface area contributed by atoms with E-state index in [1.54, 1.807) is 24.9 Å². The van der Waals surface area contributed by atoms with Crippen LogP contribution in [0.2, 0.25) is 0 Å².